The number of rotatable bonds is 7. The van der Waals surface area contributed by atoms with Crippen LogP contribution in [0.1, 0.15) is 51.0 Å². The first kappa shape index (κ1) is 16.1. The summed E-state index contributed by atoms with van der Waals surface area (Å²) in [4.78, 5) is 2.36. The van der Waals surface area contributed by atoms with E-state index in [-0.39, 0.29) is 5.92 Å². The molecule has 1 atom stereocenters. The van der Waals surface area contributed by atoms with Gasteiger partial charge in [-0.1, -0.05) is 11.8 Å². The lowest BCUT2D eigenvalue weighted by atomic mass is 10.1. The molecule has 0 amide bonds. The van der Waals surface area contributed by atoms with Crippen molar-refractivity contribution >= 4 is 17.7 Å². The van der Waals surface area contributed by atoms with Crippen molar-refractivity contribution in [3.8, 4) is 12.1 Å². The number of hydrogen-bond donors (Lipinski definition) is 0. The van der Waals surface area contributed by atoms with Crippen LogP contribution in [0, 0.1) is 28.6 Å². The standard InChI is InChI=1S/C16H22N6S/c17-8-4-5-13(11-18)12-23-16-20-19-15(22(16)14-6-7-14)21-9-2-1-3-10-21/h13-14H,1-7,9-10,12H2/t13-/m1/s1. The first-order valence-corrected chi connectivity index (χ1v) is 9.41. The predicted molar refractivity (Wildman–Crippen MR) is 89.0 cm³/mol. The van der Waals surface area contributed by atoms with Gasteiger partial charge in [-0.3, -0.25) is 4.57 Å². The fourth-order valence-corrected chi connectivity index (χ4v) is 3.99. The number of piperidine rings is 1. The molecule has 1 saturated carbocycles. The second-order valence-electron chi connectivity index (χ2n) is 6.27. The zero-order valence-electron chi connectivity index (χ0n) is 13.3. The summed E-state index contributed by atoms with van der Waals surface area (Å²) in [6.45, 7) is 2.14. The number of aromatic nitrogens is 3. The molecular formula is C16H22N6S. The zero-order chi connectivity index (χ0) is 16.1. The van der Waals surface area contributed by atoms with E-state index in [1.165, 1.54) is 32.1 Å². The summed E-state index contributed by atoms with van der Waals surface area (Å²) in [6, 6.07) is 4.95. The van der Waals surface area contributed by atoms with Gasteiger partial charge in [0.25, 0.3) is 0 Å². The molecule has 2 fully saturated rings. The van der Waals surface area contributed by atoms with Crippen LogP contribution in [0.2, 0.25) is 0 Å². The number of thioether (sulfide) groups is 1. The van der Waals surface area contributed by atoms with Gasteiger partial charge in [0.15, 0.2) is 5.16 Å². The van der Waals surface area contributed by atoms with Gasteiger partial charge in [0.1, 0.15) is 0 Å². The summed E-state index contributed by atoms with van der Waals surface area (Å²) >= 11 is 1.61. The molecule has 2 heterocycles. The third-order valence-electron chi connectivity index (χ3n) is 4.40. The Hall–Kier alpha value is -1.73. The molecule has 1 saturated heterocycles. The van der Waals surface area contributed by atoms with E-state index in [9.17, 15) is 5.26 Å². The van der Waals surface area contributed by atoms with E-state index in [2.05, 4.69) is 31.8 Å². The van der Waals surface area contributed by atoms with Crippen molar-refractivity contribution in [2.75, 3.05) is 23.7 Å². The highest BCUT2D eigenvalue weighted by Gasteiger charge is 2.32. The van der Waals surface area contributed by atoms with Gasteiger partial charge in [-0.25, -0.2) is 0 Å². The number of nitrogens with zero attached hydrogens (tertiary/aromatic N) is 6. The average molecular weight is 330 g/mol. The van der Waals surface area contributed by atoms with Crippen LogP contribution in [0.3, 0.4) is 0 Å². The van der Waals surface area contributed by atoms with Crippen LogP contribution < -0.4 is 4.90 Å². The topological polar surface area (TPSA) is 81.5 Å². The van der Waals surface area contributed by atoms with Crippen LogP contribution in [-0.2, 0) is 0 Å². The maximum atomic E-state index is 9.21. The van der Waals surface area contributed by atoms with Gasteiger partial charge in [0.05, 0.1) is 18.1 Å². The molecule has 3 rings (SSSR count). The Bertz CT molecular complexity index is 603. The van der Waals surface area contributed by atoms with E-state index < -0.39 is 0 Å². The molecular weight excluding hydrogens is 308 g/mol. The Balaban J connectivity index is 1.68. The van der Waals surface area contributed by atoms with Crippen LogP contribution >= 0.6 is 11.8 Å². The van der Waals surface area contributed by atoms with E-state index >= 15 is 0 Å². The molecule has 7 heteroatoms. The largest absolute Gasteiger partial charge is 0.341 e. The van der Waals surface area contributed by atoms with Gasteiger partial charge < -0.3 is 4.90 Å². The lowest BCUT2D eigenvalue weighted by Gasteiger charge is -2.27. The van der Waals surface area contributed by atoms with E-state index in [0.29, 0.717) is 24.6 Å². The molecule has 0 aromatic carbocycles. The number of anilines is 1. The molecule has 0 bridgehead atoms. The summed E-state index contributed by atoms with van der Waals surface area (Å²) in [5.41, 5.74) is 0. The van der Waals surface area contributed by atoms with Crippen molar-refractivity contribution in [3.05, 3.63) is 0 Å². The molecule has 1 aromatic heterocycles. The SMILES string of the molecule is N#CCC[C@H](C#N)CSc1nnc(N2CCCCC2)n1C1CC1. The van der Waals surface area contributed by atoms with E-state index in [1.807, 2.05) is 0 Å². The molecule has 1 aliphatic carbocycles. The second-order valence-corrected chi connectivity index (χ2v) is 7.25. The minimum atomic E-state index is -0.0950. The van der Waals surface area contributed by atoms with Gasteiger partial charge in [0, 0.05) is 31.3 Å². The Labute approximate surface area is 141 Å². The smallest absolute Gasteiger partial charge is 0.228 e. The normalized spacial score (nSPS) is 19.1. The first-order chi connectivity index (χ1) is 11.3. The molecule has 0 unspecified atom stereocenters. The summed E-state index contributed by atoms with van der Waals surface area (Å²) in [7, 11) is 0. The third kappa shape index (κ3) is 3.97. The zero-order valence-corrected chi connectivity index (χ0v) is 14.1. The summed E-state index contributed by atoms with van der Waals surface area (Å²) in [5.74, 6) is 1.60. The van der Waals surface area contributed by atoms with E-state index in [4.69, 9.17) is 5.26 Å². The molecule has 1 aliphatic heterocycles. The lowest BCUT2D eigenvalue weighted by molar-refractivity contribution is 0.548. The van der Waals surface area contributed by atoms with Gasteiger partial charge >= 0.3 is 0 Å². The van der Waals surface area contributed by atoms with Crippen LogP contribution in [0.5, 0.6) is 0 Å². The molecule has 0 spiro atoms. The highest BCUT2D eigenvalue weighted by Crippen LogP contribution is 2.41. The van der Waals surface area contributed by atoms with Crippen molar-refractivity contribution in [1.29, 1.82) is 10.5 Å². The molecule has 23 heavy (non-hydrogen) atoms. The van der Waals surface area contributed by atoms with Crippen LogP contribution in [0.25, 0.3) is 0 Å². The van der Waals surface area contributed by atoms with E-state index in [1.54, 1.807) is 11.8 Å². The fraction of sp³-hybridized carbons (Fsp3) is 0.750. The first-order valence-electron chi connectivity index (χ1n) is 8.42. The lowest BCUT2D eigenvalue weighted by Crippen LogP contribution is -2.31. The fourth-order valence-electron chi connectivity index (χ4n) is 2.93. The Morgan fingerprint density at radius 2 is 1.96 bits per heavy atom. The monoisotopic (exact) mass is 330 g/mol. The van der Waals surface area contributed by atoms with Gasteiger partial charge in [-0.05, 0) is 38.5 Å². The molecule has 2 aliphatic rings. The minimum absolute atomic E-state index is 0.0950. The van der Waals surface area contributed by atoms with Gasteiger partial charge in [-0.2, -0.15) is 10.5 Å². The van der Waals surface area contributed by atoms with Crippen molar-refractivity contribution in [3.63, 3.8) is 0 Å². The maximum Gasteiger partial charge on any atom is 0.228 e. The van der Waals surface area contributed by atoms with Gasteiger partial charge in [0.2, 0.25) is 5.95 Å². The van der Waals surface area contributed by atoms with Crippen molar-refractivity contribution in [2.45, 2.75) is 56.1 Å². The summed E-state index contributed by atoms with van der Waals surface area (Å²) in [6.07, 6.45) is 7.22. The average Bonchev–Trinajstić information content (AvgIpc) is 3.35. The Morgan fingerprint density at radius 3 is 2.61 bits per heavy atom. The minimum Gasteiger partial charge on any atom is -0.341 e. The molecule has 0 N–H and O–H groups in total. The highest BCUT2D eigenvalue weighted by molar-refractivity contribution is 7.99. The van der Waals surface area contributed by atoms with Crippen molar-refractivity contribution < 1.29 is 0 Å². The van der Waals surface area contributed by atoms with Crippen LogP contribution in [-0.4, -0.2) is 33.6 Å². The second kappa shape index (κ2) is 7.70. The van der Waals surface area contributed by atoms with Crippen molar-refractivity contribution in [1.82, 2.24) is 14.8 Å². The number of hydrogen-bond acceptors (Lipinski definition) is 6. The van der Waals surface area contributed by atoms with Crippen LogP contribution in [0.4, 0.5) is 5.95 Å². The number of nitriles is 2. The quantitative estimate of drug-likeness (QED) is 0.714. The maximum absolute atomic E-state index is 9.21. The van der Waals surface area contributed by atoms with Crippen LogP contribution in [0.15, 0.2) is 5.16 Å². The third-order valence-corrected chi connectivity index (χ3v) is 5.50. The molecule has 6 nitrogen and oxygen atoms in total. The van der Waals surface area contributed by atoms with Gasteiger partial charge in [-0.15, -0.1) is 10.2 Å². The highest BCUT2D eigenvalue weighted by atomic mass is 32.2. The Morgan fingerprint density at radius 1 is 1.17 bits per heavy atom. The summed E-state index contributed by atoms with van der Waals surface area (Å²) in [5, 5.41) is 27.7. The van der Waals surface area contributed by atoms with Crippen molar-refractivity contribution in [2.24, 2.45) is 5.92 Å². The molecule has 0 radical (unpaired) electrons. The van der Waals surface area contributed by atoms with E-state index in [0.717, 1.165) is 24.2 Å². The molecule has 122 valence electrons. The molecule has 1 aromatic rings. The predicted octanol–water partition coefficient (Wildman–Crippen LogP) is 3.14. The Kier molecular flexibility index (Phi) is 5.40. The summed E-state index contributed by atoms with van der Waals surface area (Å²) < 4.78 is 2.29.